The summed E-state index contributed by atoms with van der Waals surface area (Å²) in [5.74, 6) is -0.241. The Labute approximate surface area is 98.2 Å². The van der Waals surface area contributed by atoms with Crippen molar-refractivity contribution in [3.8, 4) is 5.69 Å². The van der Waals surface area contributed by atoms with E-state index in [1.54, 1.807) is 12.1 Å². The number of halogens is 1. The van der Waals surface area contributed by atoms with Gasteiger partial charge < -0.3 is 11.1 Å². The van der Waals surface area contributed by atoms with E-state index in [-0.39, 0.29) is 5.82 Å². The lowest BCUT2D eigenvalue weighted by molar-refractivity contribution is 0.626. The van der Waals surface area contributed by atoms with Gasteiger partial charge in [-0.05, 0) is 24.3 Å². The molecule has 0 spiro atoms. The quantitative estimate of drug-likeness (QED) is 0.814. The zero-order valence-electron chi connectivity index (χ0n) is 9.28. The molecule has 3 rings (SSSR count). The average Bonchev–Trinajstić information content (AvgIpc) is 2.91. The van der Waals surface area contributed by atoms with Crippen LogP contribution in [0.1, 0.15) is 17.0 Å². The standard InChI is InChI=1S/C12H13FN4/c13-8-1-3-9(4-2-8)17-12-7-15-6-10(12)11(5-14)16-17/h1-4,15H,5-7,14H2. The van der Waals surface area contributed by atoms with Crippen LogP contribution in [-0.2, 0) is 19.6 Å². The van der Waals surface area contributed by atoms with Gasteiger partial charge in [0, 0.05) is 25.2 Å². The molecule has 3 N–H and O–H groups in total. The van der Waals surface area contributed by atoms with Crippen molar-refractivity contribution in [1.82, 2.24) is 15.1 Å². The lowest BCUT2D eigenvalue weighted by atomic mass is 10.2. The minimum Gasteiger partial charge on any atom is -0.325 e. The maximum atomic E-state index is 12.9. The van der Waals surface area contributed by atoms with Crippen molar-refractivity contribution in [3.63, 3.8) is 0 Å². The second kappa shape index (κ2) is 3.94. The number of hydrogen-bond acceptors (Lipinski definition) is 3. The molecular formula is C12H13FN4. The van der Waals surface area contributed by atoms with Crippen molar-refractivity contribution in [3.05, 3.63) is 47.0 Å². The van der Waals surface area contributed by atoms with Gasteiger partial charge in [-0.25, -0.2) is 9.07 Å². The monoisotopic (exact) mass is 232 g/mol. The molecule has 0 unspecified atom stereocenters. The van der Waals surface area contributed by atoms with E-state index < -0.39 is 0 Å². The number of benzene rings is 1. The normalized spacial score (nSPS) is 14.0. The molecule has 1 aliphatic heterocycles. The van der Waals surface area contributed by atoms with Crippen molar-refractivity contribution in [2.24, 2.45) is 5.73 Å². The first-order valence-electron chi connectivity index (χ1n) is 5.56. The molecular weight excluding hydrogens is 219 g/mol. The van der Waals surface area contributed by atoms with Crippen molar-refractivity contribution in [2.45, 2.75) is 19.6 Å². The van der Waals surface area contributed by atoms with Gasteiger partial charge in [0.1, 0.15) is 5.82 Å². The van der Waals surface area contributed by atoms with Gasteiger partial charge in [-0.1, -0.05) is 0 Å². The Bertz CT molecular complexity index is 544. The van der Waals surface area contributed by atoms with E-state index >= 15 is 0 Å². The summed E-state index contributed by atoms with van der Waals surface area (Å²) in [6.07, 6.45) is 0. The number of rotatable bonds is 2. The van der Waals surface area contributed by atoms with Gasteiger partial charge in [0.2, 0.25) is 0 Å². The summed E-state index contributed by atoms with van der Waals surface area (Å²) in [4.78, 5) is 0. The van der Waals surface area contributed by atoms with E-state index in [0.29, 0.717) is 6.54 Å². The number of aromatic nitrogens is 2. The molecule has 0 bridgehead atoms. The molecule has 1 aromatic carbocycles. The van der Waals surface area contributed by atoms with Crippen LogP contribution in [0.15, 0.2) is 24.3 Å². The van der Waals surface area contributed by atoms with Gasteiger partial charge in [-0.2, -0.15) is 5.10 Å². The van der Waals surface area contributed by atoms with Crippen LogP contribution in [-0.4, -0.2) is 9.78 Å². The lowest BCUT2D eigenvalue weighted by Crippen LogP contribution is -2.10. The number of nitrogens with two attached hydrogens (primary N) is 1. The predicted octanol–water partition coefficient (Wildman–Crippen LogP) is 1.07. The maximum absolute atomic E-state index is 12.9. The third kappa shape index (κ3) is 1.64. The Morgan fingerprint density at radius 1 is 1.29 bits per heavy atom. The van der Waals surface area contributed by atoms with Crippen LogP contribution < -0.4 is 11.1 Å². The number of nitrogens with zero attached hydrogens (tertiary/aromatic N) is 2. The highest BCUT2D eigenvalue weighted by Gasteiger charge is 2.21. The van der Waals surface area contributed by atoms with E-state index in [1.807, 2.05) is 4.68 Å². The van der Waals surface area contributed by atoms with Crippen molar-refractivity contribution >= 4 is 0 Å². The van der Waals surface area contributed by atoms with E-state index in [1.165, 1.54) is 17.7 Å². The lowest BCUT2D eigenvalue weighted by Gasteiger charge is -2.05. The largest absolute Gasteiger partial charge is 0.325 e. The first-order valence-corrected chi connectivity index (χ1v) is 5.56. The Morgan fingerprint density at radius 2 is 2.06 bits per heavy atom. The minimum atomic E-state index is -0.241. The van der Waals surface area contributed by atoms with Gasteiger partial charge >= 0.3 is 0 Å². The van der Waals surface area contributed by atoms with Crippen LogP contribution in [0, 0.1) is 5.82 Å². The molecule has 1 aliphatic rings. The molecule has 17 heavy (non-hydrogen) atoms. The Hall–Kier alpha value is -1.72. The average molecular weight is 232 g/mol. The van der Waals surface area contributed by atoms with Gasteiger partial charge in [-0.3, -0.25) is 0 Å². The molecule has 5 heteroatoms. The van der Waals surface area contributed by atoms with E-state index in [0.717, 1.165) is 30.2 Å². The van der Waals surface area contributed by atoms with Crippen LogP contribution in [0.2, 0.25) is 0 Å². The third-order valence-corrected chi connectivity index (χ3v) is 3.03. The van der Waals surface area contributed by atoms with E-state index in [9.17, 15) is 4.39 Å². The molecule has 0 amide bonds. The highest BCUT2D eigenvalue weighted by molar-refractivity contribution is 5.39. The van der Waals surface area contributed by atoms with E-state index in [2.05, 4.69) is 10.4 Å². The molecule has 0 saturated heterocycles. The molecule has 2 heterocycles. The van der Waals surface area contributed by atoms with Gasteiger partial charge in [0.05, 0.1) is 17.1 Å². The second-order valence-corrected chi connectivity index (χ2v) is 4.07. The molecule has 1 aromatic heterocycles. The topological polar surface area (TPSA) is 55.9 Å². The summed E-state index contributed by atoms with van der Waals surface area (Å²) >= 11 is 0. The van der Waals surface area contributed by atoms with Crippen LogP contribution in [0.5, 0.6) is 0 Å². The highest BCUT2D eigenvalue weighted by atomic mass is 19.1. The van der Waals surface area contributed by atoms with Crippen LogP contribution in [0.3, 0.4) is 0 Å². The molecule has 0 aliphatic carbocycles. The Kier molecular flexibility index (Phi) is 2.42. The van der Waals surface area contributed by atoms with Crippen LogP contribution in [0.4, 0.5) is 4.39 Å². The zero-order chi connectivity index (χ0) is 11.8. The molecule has 88 valence electrons. The van der Waals surface area contributed by atoms with Crippen LogP contribution in [0.25, 0.3) is 5.69 Å². The summed E-state index contributed by atoms with van der Waals surface area (Å²) in [5, 5.41) is 7.75. The fourth-order valence-corrected chi connectivity index (χ4v) is 2.19. The molecule has 0 radical (unpaired) electrons. The first kappa shape index (κ1) is 10.4. The molecule has 0 atom stereocenters. The van der Waals surface area contributed by atoms with Gasteiger partial charge in [0.15, 0.2) is 0 Å². The van der Waals surface area contributed by atoms with Gasteiger partial charge in [0.25, 0.3) is 0 Å². The van der Waals surface area contributed by atoms with Crippen molar-refractivity contribution in [1.29, 1.82) is 0 Å². The maximum Gasteiger partial charge on any atom is 0.123 e. The molecule has 0 saturated carbocycles. The number of fused-ring (bicyclic) bond motifs is 1. The van der Waals surface area contributed by atoms with Crippen molar-refractivity contribution < 1.29 is 4.39 Å². The van der Waals surface area contributed by atoms with Crippen LogP contribution >= 0.6 is 0 Å². The Balaban J connectivity index is 2.12. The summed E-state index contributed by atoms with van der Waals surface area (Å²) in [6, 6.07) is 6.32. The fraction of sp³-hybridized carbons (Fsp3) is 0.250. The SMILES string of the molecule is NCc1nn(-c2ccc(F)cc2)c2c1CNC2. The summed E-state index contributed by atoms with van der Waals surface area (Å²) in [6.45, 7) is 2.01. The number of hydrogen-bond donors (Lipinski definition) is 2. The first-order chi connectivity index (χ1) is 8.29. The molecule has 2 aromatic rings. The second-order valence-electron chi connectivity index (χ2n) is 4.07. The summed E-state index contributed by atoms with van der Waals surface area (Å²) < 4.78 is 14.7. The fourth-order valence-electron chi connectivity index (χ4n) is 2.19. The third-order valence-electron chi connectivity index (χ3n) is 3.03. The zero-order valence-corrected chi connectivity index (χ0v) is 9.28. The summed E-state index contributed by atoms with van der Waals surface area (Å²) in [5.41, 5.74) is 9.75. The van der Waals surface area contributed by atoms with E-state index in [4.69, 9.17) is 5.73 Å². The number of nitrogens with one attached hydrogen (secondary N) is 1. The minimum absolute atomic E-state index is 0.241. The molecule has 4 nitrogen and oxygen atoms in total. The smallest absolute Gasteiger partial charge is 0.123 e. The molecule has 0 fully saturated rings. The highest BCUT2D eigenvalue weighted by Crippen LogP contribution is 2.22. The van der Waals surface area contributed by atoms with Gasteiger partial charge in [-0.15, -0.1) is 0 Å². The Morgan fingerprint density at radius 3 is 2.76 bits per heavy atom. The summed E-state index contributed by atoms with van der Waals surface area (Å²) in [7, 11) is 0. The van der Waals surface area contributed by atoms with Crippen molar-refractivity contribution in [2.75, 3.05) is 0 Å². The predicted molar refractivity (Wildman–Crippen MR) is 62.0 cm³/mol.